The van der Waals surface area contributed by atoms with Crippen LogP contribution >= 0.6 is 12.4 Å². The SMILES string of the molecule is CNCc1nnc(NC(C)c2ccc(-c3ccccc3)cc2)o1.Cl. The first kappa shape index (κ1) is 18.0. The minimum absolute atomic E-state index is 0. The number of halogens is 1. The molecule has 0 fully saturated rings. The Morgan fingerprint density at radius 3 is 2.29 bits per heavy atom. The van der Waals surface area contributed by atoms with E-state index in [4.69, 9.17) is 4.42 Å². The lowest BCUT2D eigenvalue weighted by molar-refractivity contribution is 0.486. The van der Waals surface area contributed by atoms with E-state index in [1.807, 2.05) is 25.2 Å². The topological polar surface area (TPSA) is 63.0 Å². The third-order valence-electron chi connectivity index (χ3n) is 3.65. The maximum Gasteiger partial charge on any atom is 0.315 e. The fraction of sp³-hybridized carbons (Fsp3) is 0.222. The van der Waals surface area contributed by atoms with Gasteiger partial charge in [0.2, 0.25) is 5.89 Å². The van der Waals surface area contributed by atoms with Crippen molar-refractivity contribution in [3.63, 3.8) is 0 Å². The number of benzene rings is 2. The van der Waals surface area contributed by atoms with Crippen molar-refractivity contribution >= 4 is 18.4 Å². The van der Waals surface area contributed by atoms with Gasteiger partial charge in [-0.3, -0.25) is 0 Å². The molecule has 0 spiro atoms. The Labute approximate surface area is 147 Å². The van der Waals surface area contributed by atoms with E-state index in [0.29, 0.717) is 18.5 Å². The summed E-state index contributed by atoms with van der Waals surface area (Å²) in [5, 5.41) is 14.2. The van der Waals surface area contributed by atoms with Crippen LogP contribution in [-0.4, -0.2) is 17.2 Å². The van der Waals surface area contributed by atoms with Crippen LogP contribution in [0.15, 0.2) is 59.0 Å². The Kier molecular flexibility index (Phi) is 6.35. The summed E-state index contributed by atoms with van der Waals surface area (Å²) in [6, 6.07) is 19.4. The number of anilines is 1. The highest BCUT2D eigenvalue weighted by atomic mass is 35.5. The van der Waals surface area contributed by atoms with Crippen LogP contribution in [0.1, 0.15) is 24.4 Å². The summed E-state index contributed by atoms with van der Waals surface area (Å²) in [7, 11) is 1.84. The zero-order valence-corrected chi connectivity index (χ0v) is 14.5. The van der Waals surface area contributed by atoms with E-state index in [9.17, 15) is 0 Å². The molecule has 0 saturated heterocycles. The number of nitrogens with one attached hydrogen (secondary N) is 2. The molecule has 2 N–H and O–H groups in total. The monoisotopic (exact) mass is 344 g/mol. The van der Waals surface area contributed by atoms with Crippen molar-refractivity contribution in [2.24, 2.45) is 0 Å². The van der Waals surface area contributed by atoms with Gasteiger partial charge in [0.15, 0.2) is 0 Å². The molecule has 5 nitrogen and oxygen atoms in total. The van der Waals surface area contributed by atoms with Crippen molar-refractivity contribution in [2.45, 2.75) is 19.5 Å². The third kappa shape index (κ3) is 4.34. The van der Waals surface area contributed by atoms with Gasteiger partial charge in [0.1, 0.15) is 0 Å². The highest BCUT2D eigenvalue weighted by Crippen LogP contribution is 2.23. The Bertz CT molecular complexity index is 743. The number of hydrogen-bond acceptors (Lipinski definition) is 5. The fourth-order valence-corrected chi connectivity index (χ4v) is 2.40. The zero-order valence-electron chi connectivity index (χ0n) is 13.7. The first-order valence-corrected chi connectivity index (χ1v) is 7.65. The average molecular weight is 345 g/mol. The molecule has 0 radical (unpaired) electrons. The average Bonchev–Trinajstić information content (AvgIpc) is 3.03. The predicted molar refractivity (Wildman–Crippen MR) is 98.2 cm³/mol. The summed E-state index contributed by atoms with van der Waals surface area (Å²) < 4.78 is 5.51. The van der Waals surface area contributed by atoms with E-state index in [0.717, 1.165) is 5.56 Å². The van der Waals surface area contributed by atoms with Crippen LogP contribution in [0, 0.1) is 0 Å². The predicted octanol–water partition coefficient (Wildman–Crippen LogP) is 4.05. The molecule has 0 aliphatic carbocycles. The van der Waals surface area contributed by atoms with Crippen molar-refractivity contribution in [1.29, 1.82) is 0 Å². The van der Waals surface area contributed by atoms with Crippen molar-refractivity contribution < 1.29 is 4.42 Å². The summed E-state index contributed by atoms with van der Waals surface area (Å²) in [6.07, 6.45) is 0. The molecular formula is C18H21ClN4O. The highest BCUT2D eigenvalue weighted by Gasteiger charge is 2.10. The van der Waals surface area contributed by atoms with E-state index in [2.05, 4.69) is 64.2 Å². The fourth-order valence-electron chi connectivity index (χ4n) is 2.40. The Morgan fingerprint density at radius 1 is 0.958 bits per heavy atom. The highest BCUT2D eigenvalue weighted by molar-refractivity contribution is 5.85. The molecule has 0 aliphatic rings. The first-order chi connectivity index (χ1) is 11.3. The summed E-state index contributed by atoms with van der Waals surface area (Å²) >= 11 is 0. The molecule has 3 aromatic rings. The lowest BCUT2D eigenvalue weighted by Gasteiger charge is -2.13. The van der Waals surface area contributed by atoms with Crippen LogP contribution in [0.2, 0.25) is 0 Å². The van der Waals surface area contributed by atoms with Crippen LogP contribution in [0.3, 0.4) is 0 Å². The number of hydrogen-bond donors (Lipinski definition) is 2. The smallest absolute Gasteiger partial charge is 0.315 e. The minimum atomic E-state index is 0. The van der Waals surface area contributed by atoms with E-state index in [1.165, 1.54) is 11.1 Å². The molecule has 0 amide bonds. The number of rotatable bonds is 6. The largest absolute Gasteiger partial charge is 0.407 e. The Balaban J connectivity index is 0.00000208. The Morgan fingerprint density at radius 2 is 1.62 bits per heavy atom. The van der Waals surface area contributed by atoms with Gasteiger partial charge in [-0.1, -0.05) is 59.7 Å². The second kappa shape index (κ2) is 8.47. The van der Waals surface area contributed by atoms with Gasteiger partial charge >= 0.3 is 6.01 Å². The second-order valence-electron chi connectivity index (χ2n) is 5.39. The summed E-state index contributed by atoms with van der Waals surface area (Å²) in [6.45, 7) is 2.63. The molecule has 1 aromatic heterocycles. The van der Waals surface area contributed by atoms with E-state index >= 15 is 0 Å². The first-order valence-electron chi connectivity index (χ1n) is 7.65. The summed E-state index contributed by atoms with van der Waals surface area (Å²) in [5.74, 6) is 0.571. The molecule has 0 bridgehead atoms. The summed E-state index contributed by atoms with van der Waals surface area (Å²) in [4.78, 5) is 0. The molecule has 24 heavy (non-hydrogen) atoms. The van der Waals surface area contributed by atoms with Crippen LogP contribution in [-0.2, 0) is 6.54 Å². The standard InChI is InChI=1S/C18H20N4O.ClH/c1-13(20-18-22-21-17(23-18)12-19-2)14-8-10-16(11-9-14)15-6-4-3-5-7-15;/h3-11,13,19H,12H2,1-2H3,(H,20,22);1H. The number of nitrogens with zero attached hydrogens (tertiary/aromatic N) is 2. The molecule has 1 heterocycles. The van der Waals surface area contributed by atoms with Crippen molar-refractivity contribution in [3.8, 4) is 11.1 Å². The van der Waals surface area contributed by atoms with Gasteiger partial charge in [-0.2, -0.15) is 0 Å². The van der Waals surface area contributed by atoms with E-state index in [-0.39, 0.29) is 18.4 Å². The van der Waals surface area contributed by atoms with E-state index < -0.39 is 0 Å². The van der Waals surface area contributed by atoms with Crippen LogP contribution < -0.4 is 10.6 Å². The molecule has 126 valence electrons. The molecule has 6 heteroatoms. The molecular weight excluding hydrogens is 324 g/mol. The molecule has 1 unspecified atom stereocenters. The van der Waals surface area contributed by atoms with Gasteiger partial charge in [-0.15, -0.1) is 17.5 Å². The summed E-state index contributed by atoms with van der Waals surface area (Å²) in [5.41, 5.74) is 3.59. The molecule has 2 aromatic carbocycles. The maximum atomic E-state index is 5.51. The van der Waals surface area contributed by atoms with Crippen molar-refractivity contribution in [3.05, 3.63) is 66.1 Å². The Hall–Kier alpha value is -2.37. The molecule has 1 atom stereocenters. The zero-order chi connectivity index (χ0) is 16.1. The van der Waals surface area contributed by atoms with Crippen LogP contribution in [0.5, 0.6) is 0 Å². The lowest BCUT2D eigenvalue weighted by atomic mass is 10.0. The van der Waals surface area contributed by atoms with Crippen molar-refractivity contribution in [1.82, 2.24) is 15.5 Å². The van der Waals surface area contributed by atoms with Gasteiger partial charge in [0.25, 0.3) is 0 Å². The van der Waals surface area contributed by atoms with Crippen molar-refractivity contribution in [2.75, 3.05) is 12.4 Å². The van der Waals surface area contributed by atoms with Gasteiger partial charge in [-0.05, 0) is 30.7 Å². The molecule has 0 saturated carbocycles. The molecule has 0 aliphatic heterocycles. The quantitative estimate of drug-likeness (QED) is 0.706. The normalized spacial score (nSPS) is 11.6. The van der Waals surface area contributed by atoms with Gasteiger partial charge in [0, 0.05) is 0 Å². The van der Waals surface area contributed by atoms with Crippen LogP contribution in [0.4, 0.5) is 6.01 Å². The lowest BCUT2D eigenvalue weighted by Crippen LogP contribution is -2.06. The van der Waals surface area contributed by atoms with Crippen LogP contribution in [0.25, 0.3) is 11.1 Å². The van der Waals surface area contributed by atoms with Gasteiger partial charge in [0.05, 0.1) is 12.6 Å². The minimum Gasteiger partial charge on any atom is -0.407 e. The van der Waals surface area contributed by atoms with E-state index in [1.54, 1.807) is 0 Å². The number of aromatic nitrogens is 2. The third-order valence-corrected chi connectivity index (χ3v) is 3.65. The van der Waals surface area contributed by atoms with Gasteiger partial charge < -0.3 is 15.1 Å². The van der Waals surface area contributed by atoms with Gasteiger partial charge in [-0.25, -0.2) is 0 Å². The second-order valence-corrected chi connectivity index (χ2v) is 5.39. The maximum absolute atomic E-state index is 5.51. The molecule has 3 rings (SSSR count).